The number of aromatic nitrogens is 1. The maximum Gasteiger partial charge on any atom is 0.224 e. The normalized spacial score (nSPS) is 16.7. The molecule has 42 heavy (non-hydrogen) atoms. The van der Waals surface area contributed by atoms with Crippen LogP contribution >= 0.6 is 0 Å². The number of ether oxygens (including phenoxy) is 2. The van der Waals surface area contributed by atoms with E-state index >= 15 is 0 Å². The number of aryl methyl sites for hydroxylation is 1. The van der Waals surface area contributed by atoms with Gasteiger partial charge < -0.3 is 19.8 Å². The Labute approximate surface area is 247 Å². The number of hydrogen-bond donors (Lipinski definition) is 2. The quantitative estimate of drug-likeness (QED) is 0.228. The number of H-pyrrole nitrogens is 1. The molecule has 4 rings (SSSR count). The molecule has 0 aliphatic heterocycles. The smallest absolute Gasteiger partial charge is 0.224 e. The van der Waals surface area contributed by atoms with Crippen molar-refractivity contribution < 1.29 is 28.7 Å². The van der Waals surface area contributed by atoms with Crippen LogP contribution in [0.2, 0.25) is 0 Å². The molecule has 1 aliphatic rings. The lowest BCUT2D eigenvalue weighted by molar-refractivity contribution is -0.133. The van der Waals surface area contributed by atoms with Crippen LogP contribution in [-0.4, -0.2) is 48.0 Å². The highest BCUT2D eigenvalue weighted by Gasteiger charge is 2.33. The highest BCUT2D eigenvalue weighted by Crippen LogP contribution is 2.29. The summed E-state index contributed by atoms with van der Waals surface area (Å²) < 4.78 is 11.2. The Bertz CT molecular complexity index is 1410. The molecule has 2 N–H and O–H groups in total. The van der Waals surface area contributed by atoms with E-state index in [4.69, 9.17) is 9.47 Å². The predicted octanol–water partition coefficient (Wildman–Crippen LogP) is 6.00. The zero-order valence-electron chi connectivity index (χ0n) is 25.0. The summed E-state index contributed by atoms with van der Waals surface area (Å²) in [4.78, 5) is 56.3. The van der Waals surface area contributed by atoms with Crippen molar-refractivity contribution in [2.45, 2.75) is 71.8 Å². The number of benzene rings is 2. The first-order valence-electron chi connectivity index (χ1n) is 14.9. The minimum atomic E-state index is -0.878. The SMILES string of the molecule is COc1cccc2[nH]c(C(=O)C[C@@H](CC(C)C)C(=O)N[C@@H](C[C@@H]3CCCCC3=O)C(=O)COc3ccc(C)cc3)cc12. The molecule has 0 spiro atoms. The maximum absolute atomic E-state index is 13.7. The molecule has 0 bridgehead atoms. The standard InChI is InChI=1S/C34H42N2O6/c1-21(2)16-24(18-31(38)29-19-26-27(35-29)9-7-11-33(26)41-4)34(40)36-28(17-23-8-5-6-10-30(23)37)32(39)20-42-25-14-12-22(3)13-15-25/h7,9,11-15,19,21,23-24,28,35H,5-6,8,10,16-18,20H2,1-4H3,(H,36,40)/t23-,24+,28-/m0/s1. The zero-order chi connectivity index (χ0) is 30.2. The number of carbonyl (C=O) groups excluding carboxylic acids is 4. The van der Waals surface area contributed by atoms with Gasteiger partial charge in [0.05, 0.1) is 18.8 Å². The van der Waals surface area contributed by atoms with Gasteiger partial charge in [0, 0.05) is 35.6 Å². The van der Waals surface area contributed by atoms with Crippen LogP contribution in [0.4, 0.5) is 0 Å². The summed E-state index contributed by atoms with van der Waals surface area (Å²) in [6.07, 6.45) is 3.69. The second-order valence-corrected chi connectivity index (χ2v) is 11.8. The molecule has 1 aromatic heterocycles. The Morgan fingerprint density at radius 1 is 1.07 bits per heavy atom. The molecule has 224 valence electrons. The van der Waals surface area contributed by atoms with Gasteiger partial charge in [0.25, 0.3) is 0 Å². The van der Waals surface area contributed by atoms with Crippen molar-refractivity contribution in [3.05, 3.63) is 59.8 Å². The van der Waals surface area contributed by atoms with E-state index in [1.165, 1.54) is 0 Å². The van der Waals surface area contributed by atoms with Gasteiger partial charge in [0.15, 0.2) is 11.6 Å². The molecule has 0 unspecified atom stereocenters. The van der Waals surface area contributed by atoms with Crippen LogP contribution in [0.5, 0.6) is 11.5 Å². The van der Waals surface area contributed by atoms with Crippen molar-refractivity contribution >= 4 is 34.2 Å². The molecular formula is C34H42N2O6. The summed E-state index contributed by atoms with van der Waals surface area (Å²) >= 11 is 0. The lowest BCUT2D eigenvalue weighted by atomic mass is 9.82. The van der Waals surface area contributed by atoms with Crippen molar-refractivity contribution in [1.29, 1.82) is 0 Å². The third-order valence-electron chi connectivity index (χ3n) is 8.01. The van der Waals surface area contributed by atoms with Crippen LogP contribution in [-0.2, 0) is 14.4 Å². The van der Waals surface area contributed by atoms with E-state index in [1.54, 1.807) is 25.3 Å². The monoisotopic (exact) mass is 574 g/mol. The Morgan fingerprint density at radius 2 is 1.83 bits per heavy atom. The first kappa shape index (κ1) is 31.0. The average molecular weight is 575 g/mol. The second-order valence-electron chi connectivity index (χ2n) is 11.8. The number of carbonyl (C=O) groups is 4. The number of methoxy groups -OCH3 is 1. The van der Waals surface area contributed by atoms with Crippen molar-refractivity contribution in [1.82, 2.24) is 10.3 Å². The van der Waals surface area contributed by atoms with E-state index in [2.05, 4.69) is 10.3 Å². The van der Waals surface area contributed by atoms with E-state index in [0.717, 1.165) is 29.3 Å². The van der Waals surface area contributed by atoms with Gasteiger partial charge in [-0.05, 0) is 68.9 Å². The highest BCUT2D eigenvalue weighted by molar-refractivity contribution is 6.02. The molecular weight excluding hydrogens is 532 g/mol. The topological polar surface area (TPSA) is 115 Å². The highest BCUT2D eigenvalue weighted by atomic mass is 16.5. The van der Waals surface area contributed by atoms with E-state index in [1.807, 2.05) is 51.1 Å². The van der Waals surface area contributed by atoms with Crippen molar-refractivity contribution in [2.75, 3.05) is 13.7 Å². The van der Waals surface area contributed by atoms with E-state index < -0.39 is 12.0 Å². The van der Waals surface area contributed by atoms with Gasteiger partial charge in [-0.2, -0.15) is 0 Å². The molecule has 8 nitrogen and oxygen atoms in total. The molecule has 1 amide bonds. The van der Waals surface area contributed by atoms with Gasteiger partial charge in [-0.15, -0.1) is 0 Å². The molecule has 1 aliphatic carbocycles. The van der Waals surface area contributed by atoms with Gasteiger partial charge in [-0.3, -0.25) is 19.2 Å². The summed E-state index contributed by atoms with van der Waals surface area (Å²) in [6.45, 7) is 5.74. The number of fused-ring (bicyclic) bond motifs is 1. The molecule has 3 aromatic rings. The molecule has 1 saturated carbocycles. The van der Waals surface area contributed by atoms with E-state index in [0.29, 0.717) is 36.5 Å². The number of nitrogens with one attached hydrogen (secondary N) is 2. The predicted molar refractivity (Wildman–Crippen MR) is 162 cm³/mol. The Morgan fingerprint density at radius 3 is 2.52 bits per heavy atom. The zero-order valence-corrected chi connectivity index (χ0v) is 25.0. The molecule has 1 fully saturated rings. The van der Waals surface area contributed by atoms with Gasteiger partial charge in [-0.1, -0.05) is 44.0 Å². The van der Waals surface area contributed by atoms with E-state index in [-0.39, 0.29) is 54.5 Å². The lowest BCUT2D eigenvalue weighted by Crippen LogP contribution is -2.47. The Balaban J connectivity index is 1.50. The number of hydrogen-bond acceptors (Lipinski definition) is 6. The molecule has 3 atom stereocenters. The van der Waals surface area contributed by atoms with Crippen LogP contribution in [0.3, 0.4) is 0 Å². The summed E-state index contributed by atoms with van der Waals surface area (Å²) in [6, 6.07) is 13.8. The molecule has 8 heteroatoms. The minimum Gasteiger partial charge on any atom is -0.496 e. The third kappa shape index (κ3) is 8.08. The summed E-state index contributed by atoms with van der Waals surface area (Å²) in [5.41, 5.74) is 2.26. The number of aromatic amines is 1. The summed E-state index contributed by atoms with van der Waals surface area (Å²) in [7, 11) is 1.58. The van der Waals surface area contributed by atoms with Gasteiger partial charge >= 0.3 is 0 Å². The number of ketones is 3. The van der Waals surface area contributed by atoms with Gasteiger partial charge in [0.2, 0.25) is 5.91 Å². The van der Waals surface area contributed by atoms with Gasteiger partial charge in [-0.25, -0.2) is 0 Å². The van der Waals surface area contributed by atoms with Crippen molar-refractivity contribution in [2.24, 2.45) is 17.8 Å². The third-order valence-corrected chi connectivity index (χ3v) is 8.01. The number of amides is 1. The van der Waals surface area contributed by atoms with Gasteiger partial charge in [0.1, 0.15) is 23.9 Å². The first-order valence-corrected chi connectivity index (χ1v) is 14.9. The first-order chi connectivity index (χ1) is 20.1. The summed E-state index contributed by atoms with van der Waals surface area (Å²) in [5.74, 6) is -0.257. The second kappa shape index (κ2) is 14.3. The molecule has 1 heterocycles. The Hall–Kier alpha value is -3.94. The largest absolute Gasteiger partial charge is 0.496 e. The maximum atomic E-state index is 13.7. The van der Waals surface area contributed by atoms with Crippen molar-refractivity contribution in [3.8, 4) is 11.5 Å². The summed E-state index contributed by atoms with van der Waals surface area (Å²) in [5, 5.41) is 3.73. The Kier molecular flexibility index (Phi) is 10.6. The fourth-order valence-corrected chi connectivity index (χ4v) is 5.68. The fraction of sp³-hybridized carbons (Fsp3) is 0.471. The van der Waals surface area contributed by atoms with Crippen molar-refractivity contribution in [3.63, 3.8) is 0 Å². The fourth-order valence-electron chi connectivity index (χ4n) is 5.68. The van der Waals surface area contributed by atoms with Crippen LogP contribution in [0.25, 0.3) is 10.9 Å². The van der Waals surface area contributed by atoms with Crippen LogP contribution in [0, 0.1) is 24.7 Å². The lowest BCUT2D eigenvalue weighted by Gasteiger charge is -2.27. The number of Topliss-reactive ketones (excluding diaryl/α,β-unsaturated/α-hetero) is 3. The molecule has 0 radical (unpaired) electrons. The molecule has 0 saturated heterocycles. The van der Waals surface area contributed by atoms with Crippen LogP contribution < -0.4 is 14.8 Å². The van der Waals surface area contributed by atoms with Crippen LogP contribution in [0.1, 0.15) is 74.8 Å². The minimum absolute atomic E-state index is 0.0116. The number of rotatable bonds is 14. The average Bonchev–Trinajstić information content (AvgIpc) is 3.42. The van der Waals surface area contributed by atoms with Crippen LogP contribution in [0.15, 0.2) is 48.5 Å². The molecule has 2 aromatic carbocycles. The van der Waals surface area contributed by atoms with E-state index in [9.17, 15) is 19.2 Å².